The molecule has 0 spiro atoms. The molecule has 0 bridgehead atoms. The first-order valence-corrected chi connectivity index (χ1v) is 9.43. The highest BCUT2D eigenvalue weighted by Crippen LogP contribution is 2.25. The van der Waals surface area contributed by atoms with Crippen molar-refractivity contribution in [1.82, 2.24) is 10.2 Å². The molecule has 1 atom stereocenters. The van der Waals surface area contributed by atoms with Gasteiger partial charge >= 0.3 is 0 Å². The van der Waals surface area contributed by atoms with Gasteiger partial charge in [0.2, 0.25) is 5.91 Å². The highest BCUT2D eigenvalue weighted by Gasteiger charge is 2.23. The number of hydrogen-bond donors (Lipinski definition) is 2. The van der Waals surface area contributed by atoms with E-state index in [1.54, 1.807) is 6.92 Å². The number of rotatable bonds is 4. The van der Waals surface area contributed by atoms with E-state index < -0.39 is 0 Å². The molecule has 142 valence electrons. The zero-order valence-corrected chi connectivity index (χ0v) is 16.3. The van der Waals surface area contributed by atoms with E-state index in [1.807, 2.05) is 11.9 Å². The summed E-state index contributed by atoms with van der Waals surface area (Å²) < 4.78 is 0. The Kier molecular flexibility index (Phi) is 5.79. The SMILES string of the molecule is CNC1=C(C(N)=NC2C=CC(c3ccccc3C)=CC2)CN(C(C)=O)CC1. The summed E-state index contributed by atoms with van der Waals surface area (Å²) in [5.74, 6) is 0.589. The minimum atomic E-state index is 0.0241. The van der Waals surface area contributed by atoms with Crippen LogP contribution in [0, 0.1) is 6.92 Å². The maximum Gasteiger partial charge on any atom is 0.219 e. The number of carbonyl (C=O) groups excluding carboxylic acids is 1. The van der Waals surface area contributed by atoms with Crippen molar-refractivity contribution in [3.63, 3.8) is 0 Å². The van der Waals surface area contributed by atoms with Gasteiger partial charge in [0.1, 0.15) is 5.84 Å². The first kappa shape index (κ1) is 19.0. The van der Waals surface area contributed by atoms with E-state index in [1.165, 1.54) is 16.7 Å². The molecular weight excluding hydrogens is 336 g/mol. The van der Waals surface area contributed by atoms with Crippen LogP contribution in [0.5, 0.6) is 0 Å². The molecule has 1 unspecified atom stereocenters. The van der Waals surface area contributed by atoms with Crippen molar-refractivity contribution in [1.29, 1.82) is 0 Å². The van der Waals surface area contributed by atoms with Gasteiger partial charge in [0, 0.05) is 38.2 Å². The van der Waals surface area contributed by atoms with Gasteiger partial charge in [-0.2, -0.15) is 0 Å². The number of benzene rings is 1. The monoisotopic (exact) mass is 364 g/mol. The molecule has 0 saturated carbocycles. The number of amides is 1. The van der Waals surface area contributed by atoms with Crippen LogP contribution in [0.4, 0.5) is 0 Å². The molecule has 27 heavy (non-hydrogen) atoms. The average molecular weight is 364 g/mol. The van der Waals surface area contributed by atoms with Crippen LogP contribution >= 0.6 is 0 Å². The van der Waals surface area contributed by atoms with E-state index in [9.17, 15) is 4.79 Å². The molecule has 3 N–H and O–H groups in total. The van der Waals surface area contributed by atoms with Gasteiger partial charge < -0.3 is 16.0 Å². The van der Waals surface area contributed by atoms with Gasteiger partial charge in [0.25, 0.3) is 0 Å². The maximum atomic E-state index is 11.7. The van der Waals surface area contributed by atoms with Crippen molar-refractivity contribution < 1.29 is 4.79 Å². The highest BCUT2D eigenvalue weighted by atomic mass is 16.2. The maximum absolute atomic E-state index is 11.7. The number of aryl methyl sites for hydroxylation is 1. The predicted molar refractivity (Wildman–Crippen MR) is 111 cm³/mol. The summed E-state index contributed by atoms with van der Waals surface area (Å²) in [6, 6.07) is 8.42. The second-order valence-electron chi connectivity index (χ2n) is 7.05. The number of nitrogens with zero attached hydrogens (tertiary/aromatic N) is 2. The number of hydrogen-bond acceptors (Lipinski definition) is 3. The summed E-state index contributed by atoms with van der Waals surface area (Å²) >= 11 is 0. The molecule has 3 rings (SSSR count). The molecule has 1 aromatic carbocycles. The van der Waals surface area contributed by atoms with Crippen LogP contribution in [0.3, 0.4) is 0 Å². The predicted octanol–water partition coefficient (Wildman–Crippen LogP) is 2.79. The van der Waals surface area contributed by atoms with E-state index in [4.69, 9.17) is 10.7 Å². The fourth-order valence-corrected chi connectivity index (χ4v) is 3.60. The fraction of sp³-hybridized carbons (Fsp3) is 0.364. The first-order valence-electron chi connectivity index (χ1n) is 9.43. The topological polar surface area (TPSA) is 70.7 Å². The van der Waals surface area contributed by atoms with Crippen LogP contribution in [-0.4, -0.2) is 42.8 Å². The van der Waals surface area contributed by atoms with Crippen molar-refractivity contribution in [2.24, 2.45) is 10.7 Å². The number of amidine groups is 1. The zero-order chi connectivity index (χ0) is 19.4. The van der Waals surface area contributed by atoms with E-state index in [0.717, 1.165) is 24.1 Å². The van der Waals surface area contributed by atoms with Gasteiger partial charge in [0.05, 0.1) is 12.6 Å². The standard InChI is InChI=1S/C22H28N4O/c1-15-6-4-5-7-19(15)17-8-10-18(11-9-17)25-22(23)20-14-26(16(2)27)13-12-21(20)24-3/h4-10,18,24H,11-14H2,1-3H3,(H2,23,25). The zero-order valence-electron chi connectivity index (χ0n) is 16.3. The number of allylic oxidation sites excluding steroid dienone is 2. The lowest BCUT2D eigenvalue weighted by Gasteiger charge is -2.30. The second-order valence-corrected chi connectivity index (χ2v) is 7.05. The number of nitrogens with two attached hydrogens (primary N) is 1. The third-order valence-electron chi connectivity index (χ3n) is 5.24. The molecular formula is C22H28N4O. The number of aliphatic imine (C=N–C) groups is 1. The van der Waals surface area contributed by atoms with Crippen molar-refractivity contribution >= 4 is 17.3 Å². The molecule has 0 radical (unpaired) electrons. The van der Waals surface area contributed by atoms with Gasteiger partial charge in [-0.05, 0) is 30.0 Å². The minimum absolute atomic E-state index is 0.0241. The average Bonchev–Trinajstić information content (AvgIpc) is 2.68. The molecule has 1 aromatic rings. The molecule has 0 fully saturated rings. The van der Waals surface area contributed by atoms with Crippen LogP contribution in [0.2, 0.25) is 0 Å². The molecule has 1 aliphatic carbocycles. The lowest BCUT2D eigenvalue weighted by molar-refractivity contribution is -0.128. The quantitative estimate of drug-likeness (QED) is 0.637. The molecule has 5 nitrogen and oxygen atoms in total. The molecule has 0 saturated heterocycles. The van der Waals surface area contributed by atoms with Crippen LogP contribution in [0.15, 0.2) is 58.8 Å². The van der Waals surface area contributed by atoms with Gasteiger partial charge in [-0.3, -0.25) is 9.79 Å². The second kappa shape index (κ2) is 8.25. The van der Waals surface area contributed by atoms with Crippen molar-refractivity contribution in [2.75, 3.05) is 20.1 Å². The Morgan fingerprint density at radius 2 is 2.11 bits per heavy atom. The lowest BCUT2D eigenvalue weighted by Crippen LogP contribution is -2.41. The summed E-state index contributed by atoms with van der Waals surface area (Å²) in [6.07, 6.45) is 8.06. The molecule has 1 heterocycles. The largest absolute Gasteiger partial charge is 0.391 e. The smallest absolute Gasteiger partial charge is 0.219 e. The van der Waals surface area contributed by atoms with Crippen LogP contribution in [0.25, 0.3) is 5.57 Å². The Morgan fingerprint density at radius 3 is 2.74 bits per heavy atom. The van der Waals surface area contributed by atoms with Crippen LogP contribution < -0.4 is 11.1 Å². The molecule has 0 aromatic heterocycles. The van der Waals surface area contributed by atoms with Gasteiger partial charge in [-0.25, -0.2) is 0 Å². The summed E-state index contributed by atoms with van der Waals surface area (Å²) in [6.45, 7) is 4.95. The van der Waals surface area contributed by atoms with Crippen molar-refractivity contribution in [2.45, 2.75) is 32.7 Å². The van der Waals surface area contributed by atoms with Crippen molar-refractivity contribution in [3.05, 3.63) is 64.9 Å². The molecule has 1 aliphatic heterocycles. The molecule has 1 amide bonds. The van der Waals surface area contributed by atoms with Gasteiger partial charge in [0.15, 0.2) is 0 Å². The third kappa shape index (κ3) is 4.30. The fourth-order valence-electron chi connectivity index (χ4n) is 3.60. The first-order chi connectivity index (χ1) is 13.0. The Labute approximate surface area is 161 Å². The molecule has 2 aliphatic rings. The minimum Gasteiger partial charge on any atom is -0.391 e. The summed E-state index contributed by atoms with van der Waals surface area (Å²) in [7, 11) is 1.89. The normalized spacial score (nSPS) is 20.6. The Balaban J connectivity index is 1.76. The van der Waals surface area contributed by atoms with Gasteiger partial charge in [-0.1, -0.05) is 42.5 Å². The summed E-state index contributed by atoms with van der Waals surface area (Å²) in [4.78, 5) is 18.3. The molecule has 5 heteroatoms. The summed E-state index contributed by atoms with van der Waals surface area (Å²) in [5.41, 5.74) is 12.1. The lowest BCUT2D eigenvalue weighted by atomic mass is 9.94. The van der Waals surface area contributed by atoms with Gasteiger partial charge in [-0.15, -0.1) is 0 Å². The Morgan fingerprint density at radius 1 is 1.33 bits per heavy atom. The van der Waals surface area contributed by atoms with Crippen LogP contribution in [0.1, 0.15) is 30.9 Å². The Bertz CT molecular complexity index is 848. The van der Waals surface area contributed by atoms with E-state index in [-0.39, 0.29) is 11.9 Å². The highest BCUT2D eigenvalue weighted by molar-refractivity contribution is 5.99. The Hall–Kier alpha value is -2.82. The van der Waals surface area contributed by atoms with Crippen molar-refractivity contribution in [3.8, 4) is 0 Å². The van der Waals surface area contributed by atoms with E-state index in [0.29, 0.717) is 18.9 Å². The van der Waals surface area contributed by atoms with E-state index >= 15 is 0 Å². The number of carbonyl (C=O) groups is 1. The summed E-state index contributed by atoms with van der Waals surface area (Å²) in [5, 5.41) is 3.22. The third-order valence-corrected chi connectivity index (χ3v) is 5.24. The number of nitrogens with one attached hydrogen (secondary N) is 1. The van der Waals surface area contributed by atoms with E-state index in [2.05, 4.69) is 54.7 Å². The van der Waals surface area contributed by atoms with Crippen LogP contribution in [-0.2, 0) is 4.79 Å².